The van der Waals surface area contributed by atoms with Gasteiger partial charge in [0.05, 0.1) is 0 Å². The summed E-state index contributed by atoms with van der Waals surface area (Å²) in [7, 11) is 0. The fraction of sp³-hybridized carbons (Fsp3) is 0.263. The number of carbonyl (C=O) groups excluding carboxylic acids is 1. The Morgan fingerprint density at radius 2 is 2.09 bits per heavy atom. The van der Waals surface area contributed by atoms with Crippen molar-refractivity contribution in [3.63, 3.8) is 0 Å². The summed E-state index contributed by atoms with van der Waals surface area (Å²) in [5.74, 6) is 0.628. The van der Waals surface area contributed by atoms with Crippen LogP contribution in [0.25, 0.3) is 22.6 Å². The number of unbranched alkanes of at least 4 members (excludes halogenated alkanes) is 1. The predicted octanol–water partition coefficient (Wildman–Crippen LogP) is 4.93. The number of aryl methyl sites for hydroxylation is 1. The highest BCUT2D eigenvalue weighted by Crippen LogP contribution is 2.26. The summed E-state index contributed by atoms with van der Waals surface area (Å²) in [6, 6.07) is 13.6. The third-order valence-corrected chi connectivity index (χ3v) is 3.69. The van der Waals surface area contributed by atoms with Crippen LogP contribution in [0.15, 0.2) is 46.9 Å². The number of rotatable bonds is 5. The molecule has 0 fully saturated rings. The van der Waals surface area contributed by atoms with E-state index in [0.717, 1.165) is 35.2 Å². The van der Waals surface area contributed by atoms with Crippen molar-refractivity contribution in [2.75, 3.05) is 5.32 Å². The van der Waals surface area contributed by atoms with Crippen LogP contribution in [0.5, 0.6) is 0 Å². The average Bonchev–Trinajstić information content (AvgIpc) is 2.96. The largest absolute Gasteiger partial charge is 0.436 e. The molecule has 0 aliphatic rings. The molecular weight excluding hydrogens is 288 g/mol. The molecule has 118 valence electrons. The molecule has 0 saturated heterocycles. The van der Waals surface area contributed by atoms with Crippen LogP contribution in [0.2, 0.25) is 0 Å². The first kappa shape index (κ1) is 15.3. The zero-order valence-electron chi connectivity index (χ0n) is 13.4. The Bertz CT molecular complexity index is 836. The number of hydrogen-bond acceptors (Lipinski definition) is 3. The van der Waals surface area contributed by atoms with E-state index in [1.54, 1.807) is 0 Å². The lowest BCUT2D eigenvalue weighted by molar-refractivity contribution is -0.116. The number of nitrogens with zero attached hydrogens (tertiary/aromatic N) is 1. The third kappa shape index (κ3) is 3.59. The van der Waals surface area contributed by atoms with Gasteiger partial charge in [-0.3, -0.25) is 4.79 Å². The molecule has 0 aliphatic carbocycles. The minimum atomic E-state index is 0.0321. The van der Waals surface area contributed by atoms with E-state index in [0.29, 0.717) is 17.9 Å². The number of oxazole rings is 1. The van der Waals surface area contributed by atoms with Gasteiger partial charge in [-0.05, 0) is 37.6 Å². The molecule has 3 rings (SSSR count). The maximum absolute atomic E-state index is 11.8. The molecule has 4 heteroatoms. The van der Waals surface area contributed by atoms with Gasteiger partial charge < -0.3 is 9.73 Å². The standard InChI is InChI=1S/C19H20N2O2/c1-3-4-8-18(22)20-15-9-10-16-17(12-15)23-19(21-16)14-7-5-6-13(2)11-14/h5-7,9-12H,3-4,8H2,1-2H3,(H,20,22). The number of hydrogen-bond donors (Lipinski definition) is 1. The van der Waals surface area contributed by atoms with E-state index in [1.807, 2.05) is 49.4 Å². The molecule has 0 atom stereocenters. The molecule has 0 saturated carbocycles. The molecule has 1 aromatic heterocycles. The number of aromatic nitrogens is 1. The number of nitrogens with one attached hydrogen (secondary N) is 1. The van der Waals surface area contributed by atoms with E-state index in [9.17, 15) is 4.79 Å². The number of carbonyl (C=O) groups is 1. The van der Waals surface area contributed by atoms with Gasteiger partial charge in [0, 0.05) is 23.7 Å². The van der Waals surface area contributed by atoms with Crippen molar-refractivity contribution in [1.82, 2.24) is 4.98 Å². The van der Waals surface area contributed by atoms with Crippen molar-refractivity contribution in [2.45, 2.75) is 33.1 Å². The molecule has 0 unspecified atom stereocenters. The smallest absolute Gasteiger partial charge is 0.227 e. The second kappa shape index (κ2) is 6.65. The highest BCUT2D eigenvalue weighted by Gasteiger charge is 2.10. The second-order valence-electron chi connectivity index (χ2n) is 5.72. The Balaban J connectivity index is 1.85. The second-order valence-corrected chi connectivity index (χ2v) is 5.72. The van der Waals surface area contributed by atoms with Gasteiger partial charge in [0.2, 0.25) is 11.8 Å². The van der Waals surface area contributed by atoms with E-state index in [1.165, 1.54) is 0 Å². The van der Waals surface area contributed by atoms with Crippen molar-refractivity contribution in [1.29, 1.82) is 0 Å². The zero-order valence-corrected chi connectivity index (χ0v) is 13.4. The van der Waals surface area contributed by atoms with E-state index < -0.39 is 0 Å². The lowest BCUT2D eigenvalue weighted by Gasteiger charge is -2.03. The summed E-state index contributed by atoms with van der Waals surface area (Å²) in [5.41, 5.74) is 4.32. The quantitative estimate of drug-likeness (QED) is 0.727. The van der Waals surface area contributed by atoms with Crippen molar-refractivity contribution in [3.05, 3.63) is 48.0 Å². The van der Waals surface area contributed by atoms with Crippen LogP contribution in [0.1, 0.15) is 31.7 Å². The molecule has 0 aliphatic heterocycles. The first-order valence-corrected chi connectivity index (χ1v) is 7.93. The van der Waals surface area contributed by atoms with E-state index in [4.69, 9.17) is 4.42 Å². The topological polar surface area (TPSA) is 55.1 Å². The van der Waals surface area contributed by atoms with Gasteiger partial charge in [0.25, 0.3) is 0 Å². The van der Waals surface area contributed by atoms with Crippen LogP contribution in [-0.2, 0) is 4.79 Å². The first-order chi connectivity index (χ1) is 11.2. The van der Waals surface area contributed by atoms with E-state index in [2.05, 4.69) is 17.2 Å². The monoisotopic (exact) mass is 308 g/mol. The normalized spacial score (nSPS) is 10.9. The molecule has 4 nitrogen and oxygen atoms in total. The lowest BCUT2D eigenvalue weighted by Crippen LogP contribution is -2.10. The summed E-state index contributed by atoms with van der Waals surface area (Å²) in [5, 5.41) is 2.90. The maximum Gasteiger partial charge on any atom is 0.227 e. The molecule has 1 N–H and O–H groups in total. The fourth-order valence-electron chi connectivity index (χ4n) is 2.46. The van der Waals surface area contributed by atoms with Gasteiger partial charge in [-0.2, -0.15) is 0 Å². The van der Waals surface area contributed by atoms with Crippen LogP contribution in [0.4, 0.5) is 5.69 Å². The number of benzene rings is 2. The minimum absolute atomic E-state index is 0.0321. The van der Waals surface area contributed by atoms with Crippen molar-refractivity contribution < 1.29 is 9.21 Å². The Morgan fingerprint density at radius 3 is 2.87 bits per heavy atom. The summed E-state index contributed by atoms with van der Waals surface area (Å²) in [6.45, 7) is 4.11. The molecule has 1 amide bonds. The van der Waals surface area contributed by atoms with E-state index in [-0.39, 0.29) is 5.91 Å². The number of fused-ring (bicyclic) bond motifs is 1. The summed E-state index contributed by atoms with van der Waals surface area (Å²) in [6.07, 6.45) is 2.45. The molecule has 0 spiro atoms. The molecule has 0 radical (unpaired) electrons. The molecule has 0 bridgehead atoms. The van der Waals surface area contributed by atoms with Gasteiger partial charge in [-0.25, -0.2) is 4.98 Å². The van der Waals surface area contributed by atoms with Crippen molar-refractivity contribution in [2.24, 2.45) is 0 Å². The molecule has 23 heavy (non-hydrogen) atoms. The zero-order chi connectivity index (χ0) is 16.2. The maximum atomic E-state index is 11.8. The van der Waals surface area contributed by atoms with Crippen LogP contribution < -0.4 is 5.32 Å². The van der Waals surface area contributed by atoms with Gasteiger partial charge in [-0.1, -0.05) is 31.0 Å². The van der Waals surface area contributed by atoms with Crippen LogP contribution in [-0.4, -0.2) is 10.9 Å². The van der Waals surface area contributed by atoms with Gasteiger partial charge in [0.15, 0.2) is 5.58 Å². The van der Waals surface area contributed by atoms with Gasteiger partial charge in [0.1, 0.15) is 5.52 Å². The van der Waals surface area contributed by atoms with Crippen LogP contribution in [0, 0.1) is 6.92 Å². The molecular formula is C19H20N2O2. The first-order valence-electron chi connectivity index (χ1n) is 7.93. The molecule has 1 heterocycles. The highest BCUT2D eigenvalue weighted by molar-refractivity contribution is 5.92. The highest BCUT2D eigenvalue weighted by atomic mass is 16.3. The Morgan fingerprint density at radius 1 is 1.22 bits per heavy atom. The number of anilines is 1. The predicted molar refractivity (Wildman–Crippen MR) is 92.3 cm³/mol. The van der Waals surface area contributed by atoms with Gasteiger partial charge >= 0.3 is 0 Å². The fourth-order valence-corrected chi connectivity index (χ4v) is 2.46. The Kier molecular flexibility index (Phi) is 4.42. The summed E-state index contributed by atoms with van der Waals surface area (Å²) in [4.78, 5) is 16.3. The Labute approximate surface area is 135 Å². The summed E-state index contributed by atoms with van der Waals surface area (Å²) < 4.78 is 5.85. The number of amides is 1. The van der Waals surface area contributed by atoms with Crippen LogP contribution >= 0.6 is 0 Å². The molecule has 3 aromatic rings. The summed E-state index contributed by atoms with van der Waals surface area (Å²) >= 11 is 0. The van der Waals surface area contributed by atoms with Crippen LogP contribution in [0.3, 0.4) is 0 Å². The Hall–Kier alpha value is -2.62. The van der Waals surface area contributed by atoms with Gasteiger partial charge in [-0.15, -0.1) is 0 Å². The lowest BCUT2D eigenvalue weighted by atomic mass is 10.1. The van der Waals surface area contributed by atoms with Crippen molar-refractivity contribution >= 4 is 22.7 Å². The van der Waals surface area contributed by atoms with Crippen molar-refractivity contribution in [3.8, 4) is 11.5 Å². The molecule has 2 aromatic carbocycles. The van der Waals surface area contributed by atoms with E-state index >= 15 is 0 Å². The third-order valence-electron chi connectivity index (χ3n) is 3.69. The SMILES string of the molecule is CCCCC(=O)Nc1ccc2nc(-c3cccc(C)c3)oc2c1. The average molecular weight is 308 g/mol. The minimum Gasteiger partial charge on any atom is -0.436 e.